The Morgan fingerprint density at radius 2 is 1.68 bits per heavy atom. The van der Waals surface area contributed by atoms with Crippen LogP contribution in [0.2, 0.25) is 0 Å². The second-order valence-electron chi connectivity index (χ2n) is 10.2. The number of ketones is 1. The molecular formula is C35H37NO5. The number of nitrogens with zero attached hydrogens (tertiary/aromatic N) is 1. The Morgan fingerprint density at radius 3 is 2.46 bits per heavy atom. The second-order valence-corrected chi connectivity index (χ2v) is 10.2. The van der Waals surface area contributed by atoms with Crippen molar-refractivity contribution >= 4 is 5.78 Å². The second kappa shape index (κ2) is 15.1. The number of rotatable bonds is 14. The molecule has 0 saturated carbocycles. The summed E-state index contributed by atoms with van der Waals surface area (Å²) in [5, 5.41) is 0. The monoisotopic (exact) mass is 551 g/mol. The number of Topliss-reactive ketones (excluding diaryl/α,β-unsaturated/α-hetero) is 1. The van der Waals surface area contributed by atoms with Gasteiger partial charge in [-0.1, -0.05) is 48.5 Å². The van der Waals surface area contributed by atoms with E-state index >= 15 is 0 Å². The number of benzene rings is 3. The smallest absolute Gasteiger partial charge is 0.199 e. The number of hydrogen-bond donors (Lipinski definition) is 0. The van der Waals surface area contributed by atoms with Gasteiger partial charge in [-0.05, 0) is 85.3 Å². The molecule has 6 heteroatoms. The van der Waals surface area contributed by atoms with Gasteiger partial charge in [-0.25, -0.2) is 0 Å². The van der Waals surface area contributed by atoms with Gasteiger partial charge in [0.2, 0.25) is 0 Å². The first-order valence-electron chi connectivity index (χ1n) is 14.4. The molecule has 1 aromatic heterocycles. The molecule has 3 aromatic carbocycles. The minimum absolute atomic E-state index is 0.0458. The van der Waals surface area contributed by atoms with E-state index in [4.69, 9.17) is 18.9 Å². The van der Waals surface area contributed by atoms with Crippen LogP contribution in [-0.2, 0) is 22.5 Å². The number of hydrogen-bond acceptors (Lipinski definition) is 6. The molecule has 0 amide bonds. The van der Waals surface area contributed by atoms with Crippen LogP contribution in [0.4, 0.5) is 0 Å². The van der Waals surface area contributed by atoms with Crippen molar-refractivity contribution in [1.82, 2.24) is 4.98 Å². The Kier molecular flexibility index (Phi) is 10.5. The van der Waals surface area contributed by atoms with E-state index in [0.717, 1.165) is 54.9 Å². The molecule has 5 rings (SSSR count). The summed E-state index contributed by atoms with van der Waals surface area (Å²) in [6, 6.07) is 31.2. The van der Waals surface area contributed by atoms with Crippen molar-refractivity contribution in [3.63, 3.8) is 0 Å². The van der Waals surface area contributed by atoms with E-state index < -0.39 is 0 Å². The van der Waals surface area contributed by atoms with E-state index in [0.29, 0.717) is 37.6 Å². The minimum Gasteiger partial charge on any atom is -0.491 e. The predicted molar refractivity (Wildman–Crippen MR) is 158 cm³/mol. The molecule has 2 unspecified atom stereocenters. The first-order valence-corrected chi connectivity index (χ1v) is 14.4. The fourth-order valence-electron chi connectivity index (χ4n) is 4.94. The van der Waals surface area contributed by atoms with Crippen molar-refractivity contribution in [2.75, 3.05) is 19.8 Å². The Balaban J connectivity index is 1.17. The van der Waals surface area contributed by atoms with Crippen LogP contribution in [0.3, 0.4) is 0 Å². The fourth-order valence-corrected chi connectivity index (χ4v) is 4.94. The van der Waals surface area contributed by atoms with Gasteiger partial charge in [0.25, 0.3) is 0 Å². The third-order valence-corrected chi connectivity index (χ3v) is 7.13. The molecule has 1 aliphatic rings. The molecule has 2 atom stereocenters. The zero-order chi connectivity index (χ0) is 28.1. The van der Waals surface area contributed by atoms with Crippen molar-refractivity contribution in [2.45, 2.75) is 50.9 Å². The standard InChI is InChI=1S/C35H37NO5/c37-35(29-16-18-30(19-17-29)39-24-23-38-26-28-9-2-1-3-10-28)32(33-13-4-6-21-36-33)20-15-27-11-8-12-31(25-27)41-34-14-5-7-22-40-34/h1-4,6,8-13,16-19,21,25,32,34H,5,7,14-15,20,22-24,26H2. The van der Waals surface area contributed by atoms with Gasteiger partial charge in [0.05, 0.1) is 31.4 Å². The fraction of sp³-hybridized carbons (Fsp3) is 0.314. The largest absolute Gasteiger partial charge is 0.491 e. The van der Waals surface area contributed by atoms with E-state index in [1.54, 1.807) is 6.20 Å². The Bertz CT molecular complexity index is 1340. The maximum atomic E-state index is 13.7. The van der Waals surface area contributed by atoms with Crippen LogP contribution in [0.15, 0.2) is 103 Å². The van der Waals surface area contributed by atoms with Crippen LogP contribution in [0.1, 0.15) is 58.8 Å². The highest BCUT2D eigenvalue weighted by Gasteiger charge is 2.23. The van der Waals surface area contributed by atoms with Gasteiger partial charge in [0.15, 0.2) is 12.1 Å². The average molecular weight is 552 g/mol. The molecule has 41 heavy (non-hydrogen) atoms. The van der Waals surface area contributed by atoms with E-state index in [1.165, 1.54) is 0 Å². The summed E-state index contributed by atoms with van der Waals surface area (Å²) in [5.41, 5.74) is 3.66. The summed E-state index contributed by atoms with van der Waals surface area (Å²) in [6.45, 7) is 2.22. The molecule has 6 nitrogen and oxygen atoms in total. The highest BCUT2D eigenvalue weighted by Crippen LogP contribution is 2.27. The molecule has 1 saturated heterocycles. The van der Waals surface area contributed by atoms with Crippen molar-refractivity contribution in [3.05, 3.63) is 126 Å². The Morgan fingerprint density at radius 1 is 0.854 bits per heavy atom. The number of carbonyl (C=O) groups is 1. The van der Waals surface area contributed by atoms with Gasteiger partial charge in [-0.15, -0.1) is 0 Å². The van der Waals surface area contributed by atoms with Gasteiger partial charge in [-0.3, -0.25) is 9.78 Å². The summed E-state index contributed by atoms with van der Waals surface area (Å²) >= 11 is 0. The third-order valence-electron chi connectivity index (χ3n) is 7.13. The van der Waals surface area contributed by atoms with Crippen LogP contribution in [0, 0.1) is 0 Å². The van der Waals surface area contributed by atoms with Gasteiger partial charge in [0.1, 0.15) is 18.1 Å². The first-order chi connectivity index (χ1) is 20.2. The molecule has 0 aliphatic carbocycles. The normalized spacial score (nSPS) is 15.7. The van der Waals surface area contributed by atoms with E-state index in [1.807, 2.05) is 91.0 Å². The number of pyridine rings is 1. The summed E-state index contributed by atoms with van der Waals surface area (Å²) in [5.74, 6) is 1.19. The molecule has 0 spiro atoms. The first kappa shape index (κ1) is 28.5. The third kappa shape index (κ3) is 8.74. The van der Waals surface area contributed by atoms with Crippen molar-refractivity contribution in [2.24, 2.45) is 0 Å². The van der Waals surface area contributed by atoms with Crippen molar-refractivity contribution in [1.29, 1.82) is 0 Å². The Labute approximate surface area is 242 Å². The summed E-state index contributed by atoms with van der Waals surface area (Å²) in [4.78, 5) is 18.2. The molecular weight excluding hydrogens is 514 g/mol. The molecule has 1 aliphatic heterocycles. The molecule has 0 N–H and O–H groups in total. The molecule has 1 fully saturated rings. The predicted octanol–water partition coefficient (Wildman–Crippen LogP) is 7.18. The minimum atomic E-state index is -0.361. The number of carbonyl (C=O) groups excluding carboxylic acids is 1. The highest BCUT2D eigenvalue weighted by atomic mass is 16.7. The summed E-state index contributed by atoms with van der Waals surface area (Å²) in [7, 11) is 0. The molecule has 0 bridgehead atoms. The highest BCUT2D eigenvalue weighted by molar-refractivity contribution is 6.00. The zero-order valence-corrected chi connectivity index (χ0v) is 23.3. The van der Waals surface area contributed by atoms with Gasteiger partial charge in [0, 0.05) is 18.2 Å². The van der Waals surface area contributed by atoms with E-state index in [-0.39, 0.29) is 18.0 Å². The number of ether oxygens (including phenoxy) is 4. The summed E-state index contributed by atoms with van der Waals surface area (Å²) in [6.07, 6.45) is 6.03. The lowest BCUT2D eigenvalue weighted by molar-refractivity contribution is -0.105. The van der Waals surface area contributed by atoms with Crippen LogP contribution >= 0.6 is 0 Å². The quantitative estimate of drug-likeness (QED) is 0.122. The molecule has 0 radical (unpaired) electrons. The van der Waals surface area contributed by atoms with Crippen LogP contribution in [0.5, 0.6) is 11.5 Å². The van der Waals surface area contributed by atoms with Gasteiger partial charge >= 0.3 is 0 Å². The van der Waals surface area contributed by atoms with Crippen molar-refractivity contribution < 1.29 is 23.7 Å². The van der Waals surface area contributed by atoms with Crippen LogP contribution in [-0.4, -0.2) is 36.9 Å². The maximum Gasteiger partial charge on any atom is 0.199 e. The zero-order valence-electron chi connectivity index (χ0n) is 23.3. The Hall–Kier alpha value is -4.00. The maximum absolute atomic E-state index is 13.7. The van der Waals surface area contributed by atoms with Crippen LogP contribution in [0.25, 0.3) is 0 Å². The lowest BCUT2D eigenvalue weighted by atomic mass is 9.88. The number of aromatic nitrogens is 1. The average Bonchev–Trinajstić information content (AvgIpc) is 3.03. The molecule has 2 heterocycles. The molecule has 212 valence electrons. The SMILES string of the molecule is O=C(c1ccc(OCCOCc2ccccc2)cc1)C(CCc1cccc(OC2CCCCO2)c1)c1ccccn1. The lowest BCUT2D eigenvalue weighted by Crippen LogP contribution is -2.25. The van der Waals surface area contributed by atoms with Gasteiger partial charge in [-0.2, -0.15) is 0 Å². The topological polar surface area (TPSA) is 66.9 Å². The number of aryl methyl sites for hydroxylation is 1. The van der Waals surface area contributed by atoms with Gasteiger partial charge < -0.3 is 18.9 Å². The van der Waals surface area contributed by atoms with E-state index in [2.05, 4.69) is 11.1 Å². The van der Waals surface area contributed by atoms with Crippen molar-refractivity contribution in [3.8, 4) is 11.5 Å². The van der Waals surface area contributed by atoms with Crippen LogP contribution < -0.4 is 9.47 Å². The van der Waals surface area contributed by atoms with E-state index in [9.17, 15) is 4.79 Å². The lowest BCUT2D eigenvalue weighted by Gasteiger charge is -2.23. The molecule has 4 aromatic rings. The summed E-state index contributed by atoms with van der Waals surface area (Å²) < 4.78 is 23.3.